The molecule has 0 saturated carbocycles. The van der Waals surface area contributed by atoms with Gasteiger partial charge in [-0.2, -0.15) is 0 Å². The van der Waals surface area contributed by atoms with Crippen LogP contribution in [0.5, 0.6) is 0 Å². The van der Waals surface area contributed by atoms with Gasteiger partial charge < -0.3 is 4.90 Å². The lowest BCUT2D eigenvalue weighted by molar-refractivity contribution is 1.28. The van der Waals surface area contributed by atoms with Crippen LogP contribution in [0, 0.1) is 0 Å². The summed E-state index contributed by atoms with van der Waals surface area (Å²) in [4.78, 5) is 2.39. The summed E-state index contributed by atoms with van der Waals surface area (Å²) in [6.07, 6.45) is 0. The zero-order valence-corrected chi connectivity index (χ0v) is 48.5. The number of rotatable bonds is 6. The third-order valence-electron chi connectivity index (χ3n) is 6.64. The molecule has 0 spiro atoms. The number of nitrogens with zero attached hydrogens (tertiary/aromatic N) is 1. The lowest BCUT2D eigenvalue weighted by atomic mass is 9.90. The van der Waals surface area contributed by atoms with Crippen molar-refractivity contribution in [2.24, 2.45) is 0 Å². The molecule has 65 heavy (non-hydrogen) atoms. The van der Waals surface area contributed by atoms with Crippen molar-refractivity contribution in [1.29, 1.82) is 0 Å². The Morgan fingerprint density at radius 1 is 0.200 bits per heavy atom. The Hall–Kier alpha value is -4.88. The summed E-state index contributed by atoms with van der Waals surface area (Å²) in [6, 6.07) is 58.1. The van der Waals surface area contributed by atoms with Crippen molar-refractivity contribution >= 4 is 17.1 Å². The predicted octanol–water partition coefficient (Wildman–Crippen LogP) is 24.5. The molecule has 0 radical (unpaired) electrons. The van der Waals surface area contributed by atoms with Gasteiger partial charge in [0.25, 0.3) is 0 Å². The zero-order valence-electron chi connectivity index (χ0n) is 48.5. The molecule has 0 aliphatic carbocycles. The fourth-order valence-electron chi connectivity index (χ4n) is 4.91. The second-order valence-corrected chi connectivity index (χ2v) is 9.02. The van der Waals surface area contributed by atoms with Crippen molar-refractivity contribution in [3.05, 3.63) is 164 Å². The zero-order chi connectivity index (χ0) is 52.9. The van der Waals surface area contributed by atoms with Crippen LogP contribution in [-0.2, 0) is 0 Å². The number of hydrogen-bond donors (Lipinski definition) is 0. The minimum Gasteiger partial charge on any atom is -0.309 e. The molecule has 0 bridgehead atoms. The molecule has 0 fully saturated rings. The van der Waals surface area contributed by atoms with E-state index in [0.29, 0.717) is 0 Å². The van der Waals surface area contributed by atoms with E-state index in [2.05, 4.69) is 169 Å². The number of hydrogen-bond acceptors (Lipinski definition) is 1. The maximum atomic E-state index is 2.39. The fraction of sp³-hybridized carbons (Fsp3) is 0.438. The van der Waals surface area contributed by atoms with Crippen molar-refractivity contribution < 1.29 is 0 Å². The van der Waals surface area contributed by atoms with Gasteiger partial charge in [-0.05, 0) is 58.7 Å². The number of anilines is 3. The molecule has 1 heteroatoms. The normalized spacial score (nSPS) is 7.38. The third kappa shape index (κ3) is 34.2. The van der Waals surface area contributed by atoms with E-state index in [1.807, 2.05) is 194 Å². The highest BCUT2D eigenvalue weighted by atomic mass is 15.1. The van der Waals surface area contributed by atoms with Gasteiger partial charge in [0.05, 0.1) is 5.69 Å². The highest BCUT2D eigenvalue weighted by Crippen LogP contribution is 2.48. The molecule has 0 N–H and O–H groups in total. The van der Waals surface area contributed by atoms with E-state index in [0.717, 1.165) is 17.1 Å². The van der Waals surface area contributed by atoms with Gasteiger partial charge in [-0.3, -0.25) is 0 Å². The summed E-state index contributed by atoms with van der Waals surface area (Å²) in [5, 5.41) is 0. The summed E-state index contributed by atoms with van der Waals surface area (Å²) in [7, 11) is 0. The Morgan fingerprint density at radius 2 is 0.385 bits per heavy atom. The van der Waals surface area contributed by atoms with Crippen LogP contribution < -0.4 is 4.90 Å². The molecule has 6 aromatic rings. The highest BCUT2D eigenvalue weighted by Gasteiger charge is 2.23. The van der Waals surface area contributed by atoms with Crippen LogP contribution in [0.15, 0.2) is 164 Å². The van der Waals surface area contributed by atoms with Gasteiger partial charge in [0, 0.05) is 22.5 Å². The molecule has 1 nitrogen and oxygen atoms in total. The average molecular weight is 895 g/mol. The van der Waals surface area contributed by atoms with Crippen LogP contribution in [0.25, 0.3) is 33.4 Å². The molecule has 0 atom stereocenters. The Kier molecular flexibility index (Phi) is 90.9. The lowest BCUT2D eigenvalue weighted by Gasteiger charge is -2.31. The SMILES string of the molecule is CC.CC.CC.CC.CC.CC.CC.CC.CC.CC.CC.CC.CC.CC.c1ccc(-c2cc(-c3ccccc3)c(N(c3ccccc3)c3ccccc3)c(-c3ccccc3)c2)cc1. The van der Waals surface area contributed by atoms with E-state index in [-0.39, 0.29) is 0 Å². The Bertz CT molecular complexity index is 1480. The lowest BCUT2D eigenvalue weighted by Crippen LogP contribution is -2.12. The van der Waals surface area contributed by atoms with Crippen LogP contribution in [0.1, 0.15) is 194 Å². The van der Waals surface area contributed by atoms with E-state index in [1.165, 1.54) is 33.4 Å². The molecular weight excluding hydrogens is 783 g/mol. The third-order valence-corrected chi connectivity index (χ3v) is 6.64. The summed E-state index contributed by atoms with van der Waals surface area (Å²) in [5.74, 6) is 0. The van der Waals surface area contributed by atoms with E-state index < -0.39 is 0 Å². The summed E-state index contributed by atoms with van der Waals surface area (Å²) < 4.78 is 0. The molecular formula is C64H111N. The van der Waals surface area contributed by atoms with Gasteiger partial charge in [-0.1, -0.05) is 321 Å². The molecule has 6 rings (SSSR count). The quantitative estimate of drug-likeness (QED) is 0.161. The molecule has 0 unspecified atom stereocenters. The summed E-state index contributed by atoms with van der Waals surface area (Å²) in [6.45, 7) is 56.0. The first-order valence-electron chi connectivity index (χ1n) is 26.6. The first kappa shape index (κ1) is 80.4. The van der Waals surface area contributed by atoms with Crippen molar-refractivity contribution in [3.8, 4) is 33.4 Å². The van der Waals surface area contributed by atoms with E-state index >= 15 is 0 Å². The Balaban J connectivity index is -0.000000138. The van der Waals surface area contributed by atoms with Crippen molar-refractivity contribution in [1.82, 2.24) is 0 Å². The van der Waals surface area contributed by atoms with Gasteiger partial charge in [0.1, 0.15) is 0 Å². The summed E-state index contributed by atoms with van der Waals surface area (Å²) in [5.41, 5.74) is 10.5. The molecule has 6 aromatic carbocycles. The van der Waals surface area contributed by atoms with Gasteiger partial charge in [-0.25, -0.2) is 0 Å². The van der Waals surface area contributed by atoms with Gasteiger partial charge in [-0.15, -0.1) is 0 Å². The van der Waals surface area contributed by atoms with E-state index in [4.69, 9.17) is 0 Å². The first-order valence-corrected chi connectivity index (χ1v) is 26.6. The number of benzene rings is 6. The maximum absolute atomic E-state index is 2.39. The predicted molar refractivity (Wildman–Crippen MR) is 316 cm³/mol. The van der Waals surface area contributed by atoms with Gasteiger partial charge >= 0.3 is 0 Å². The topological polar surface area (TPSA) is 3.24 Å². The van der Waals surface area contributed by atoms with Crippen molar-refractivity contribution in [3.63, 3.8) is 0 Å². The standard InChI is InChI=1S/C36H27N.14C2H6/c1-6-16-28(17-7-1)31-26-34(29-18-8-2-9-19-29)36(35(27-31)30-20-10-3-11-21-30)37(32-22-12-4-13-23-32)33-24-14-5-15-25-33;14*1-2/h1-27H;14*1-2H3. The minimum absolute atomic E-state index is 1.12. The molecule has 0 heterocycles. The Morgan fingerprint density at radius 3 is 0.600 bits per heavy atom. The molecule has 0 aromatic heterocycles. The molecule has 0 amide bonds. The van der Waals surface area contributed by atoms with Crippen LogP contribution in [0.3, 0.4) is 0 Å². The summed E-state index contributed by atoms with van der Waals surface area (Å²) >= 11 is 0. The molecule has 372 valence electrons. The molecule has 0 saturated heterocycles. The molecule has 0 aliphatic rings. The monoisotopic (exact) mass is 894 g/mol. The van der Waals surface area contributed by atoms with E-state index in [1.54, 1.807) is 0 Å². The minimum atomic E-state index is 1.12. The number of para-hydroxylation sites is 2. The second kappa shape index (κ2) is 73.5. The van der Waals surface area contributed by atoms with Crippen LogP contribution in [0.4, 0.5) is 17.1 Å². The van der Waals surface area contributed by atoms with Crippen LogP contribution >= 0.6 is 0 Å². The Labute approximate surface area is 411 Å². The smallest absolute Gasteiger partial charge is 0.0618 e. The van der Waals surface area contributed by atoms with E-state index in [9.17, 15) is 0 Å². The first-order chi connectivity index (χ1) is 32.4. The molecule has 0 aliphatic heterocycles. The maximum Gasteiger partial charge on any atom is 0.0618 e. The second-order valence-electron chi connectivity index (χ2n) is 9.02. The van der Waals surface area contributed by atoms with Crippen LogP contribution in [-0.4, -0.2) is 0 Å². The van der Waals surface area contributed by atoms with Crippen molar-refractivity contribution in [2.45, 2.75) is 194 Å². The highest BCUT2D eigenvalue weighted by molar-refractivity contribution is 6.00. The van der Waals surface area contributed by atoms with Gasteiger partial charge in [0.15, 0.2) is 0 Å². The fourth-order valence-corrected chi connectivity index (χ4v) is 4.91. The average Bonchev–Trinajstić information content (AvgIpc) is 3.47. The van der Waals surface area contributed by atoms with Gasteiger partial charge in [0.2, 0.25) is 0 Å². The largest absolute Gasteiger partial charge is 0.309 e. The van der Waals surface area contributed by atoms with Crippen molar-refractivity contribution in [2.75, 3.05) is 4.90 Å². The van der Waals surface area contributed by atoms with Crippen LogP contribution in [0.2, 0.25) is 0 Å².